The minimum Gasteiger partial charge on any atom is -0.494 e. The third-order valence-electron chi connectivity index (χ3n) is 2.85. The quantitative estimate of drug-likeness (QED) is 0.767. The van der Waals surface area contributed by atoms with E-state index >= 15 is 0 Å². The Hall–Kier alpha value is -0.610. The van der Waals surface area contributed by atoms with Gasteiger partial charge in [0.1, 0.15) is 11.6 Å². The molecule has 1 unspecified atom stereocenters. The number of hydrogen-bond acceptors (Lipinski definition) is 2. The van der Waals surface area contributed by atoms with Crippen LogP contribution in [-0.2, 0) is 4.74 Å². The largest absolute Gasteiger partial charge is 0.494 e. The molecule has 0 aromatic heterocycles. The van der Waals surface area contributed by atoms with Crippen LogP contribution >= 0.6 is 15.9 Å². The molecular weight excluding hydrogens is 287 g/mol. The summed E-state index contributed by atoms with van der Waals surface area (Å²) in [6.45, 7) is 1.55. The smallest absolute Gasteiger partial charge is 0.137 e. The average molecular weight is 303 g/mol. The van der Waals surface area contributed by atoms with Crippen LogP contribution in [0.25, 0.3) is 0 Å². The van der Waals surface area contributed by atoms with E-state index in [0.717, 1.165) is 19.4 Å². The molecule has 1 atom stereocenters. The van der Waals surface area contributed by atoms with E-state index in [9.17, 15) is 4.39 Å². The van der Waals surface area contributed by atoms with Crippen LogP contribution in [0.4, 0.5) is 4.39 Å². The van der Waals surface area contributed by atoms with Gasteiger partial charge in [0.25, 0.3) is 0 Å². The highest BCUT2D eigenvalue weighted by molar-refractivity contribution is 9.10. The van der Waals surface area contributed by atoms with E-state index in [1.807, 2.05) is 0 Å². The lowest BCUT2D eigenvalue weighted by molar-refractivity contribution is 0.0981. The lowest BCUT2D eigenvalue weighted by atomic mass is 10.1. The molecule has 1 fully saturated rings. The SMILES string of the molecule is Fc1ccc(OCCCC2CCCO2)cc1Br. The Balaban J connectivity index is 1.68. The fourth-order valence-electron chi connectivity index (χ4n) is 1.94. The molecular formula is C13H16BrFO2. The molecule has 94 valence electrons. The van der Waals surface area contributed by atoms with Crippen molar-refractivity contribution in [2.75, 3.05) is 13.2 Å². The number of halogens is 2. The van der Waals surface area contributed by atoms with Crippen LogP contribution in [0.1, 0.15) is 25.7 Å². The number of rotatable bonds is 5. The van der Waals surface area contributed by atoms with Crippen molar-refractivity contribution >= 4 is 15.9 Å². The molecule has 1 aliphatic rings. The second-order valence-corrected chi connectivity index (χ2v) is 5.06. The Morgan fingerprint density at radius 3 is 3.06 bits per heavy atom. The molecule has 1 aromatic rings. The zero-order valence-electron chi connectivity index (χ0n) is 9.62. The van der Waals surface area contributed by atoms with E-state index in [1.165, 1.54) is 18.9 Å². The van der Waals surface area contributed by atoms with Crippen LogP contribution in [0, 0.1) is 5.82 Å². The summed E-state index contributed by atoms with van der Waals surface area (Å²) in [4.78, 5) is 0. The second kappa shape index (κ2) is 6.36. The average Bonchev–Trinajstić information content (AvgIpc) is 2.82. The molecule has 0 amide bonds. The lowest BCUT2D eigenvalue weighted by Crippen LogP contribution is -2.07. The van der Waals surface area contributed by atoms with Gasteiger partial charge in [-0.1, -0.05) is 0 Å². The monoisotopic (exact) mass is 302 g/mol. The van der Waals surface area contributed by atoms with Crippen molar-refractivity contribution in [1.82, 2.24) is 0 Å². The van der Waals surface area contributed by atoms with Crippen LogP contribution in [0.5, 0.6) is 5.75 Å². The fourth-order valence-corrected chi connectivity index (χ4v) is 2.30. The molecule has 0 radical (unpaired) electrons. The lowest BCUT2D eigenvalue weighted by Gasteiger charge is -2.10. The van der Waals surface area contributed by atoms with E-state index in [0.29, 0.717) is 22.9 Å². The highest BCUT2D eigenvalue weighted by Crippen LogP contribution is 2.22. The van der Waals surface area contributed by atoms with Crippen molar-refractivity contribution in [3.05, 3.63) is 28.5 Å². The summed E-state index contributed by atoms with van der Waals surface area (Å²) >= 11 is 3.13. The van der Waals surface area contributed by atoms with Gasteiger partial charge < -0.3 is 9.47 Å². The Morgan fingerprint density at radius 1 is 1.47 bits per heavy atom. The van der Waals surface area contributed by atoms with Gasteiger partial charge in [-0.15, -0.1) is 0 Å². The molecule has 0 N–H and O–H groups in total. The van der Waals surface area contributed by atoms with E-state index < -0.39 is 0 Å². The molecule has 1 saturated heterocycles. The first-order valence-corrected chi connectivity index (χ1v) is 6.74. The van der Waals surface area contributed by atoms with Gasteiger partial charge >= 0.3 is 0 Å². The molecule has 1 aliphatic heterocycles. The first-order valence-electron chi connectivity index (χ1n) is 5.95. The van der Waals surface area contributed by atoms with Crippen molar-refractivity contribution in [3.8, 4) is 5.75 Å². The molecule has 1 heterocycles. The molecule has 2 nitrogen and oxygen atoms in total. The van der Waals surface area contributed by atoms with E-state index in [2.05, 4.69) is 15.9 Å². The Labute approximate surface area is 109 Å². The molecule has 0 spiro atoms. The molecule has 0 saturated carbocycles. The van der Waals surface area contributed by atoms with Gasteiger partial charge in [0, 0.05) is 6.61 Å². The highest BCUT2D eigenvalue weighted by atomic mass is 79.9. The number of ether oxygens (including phenoxy) is 2. The van der Waals surface area contributed by atoms with Gasteiger partial charge in [0.2, 0.25) is 0 Å². The Bertz CT molecular complexity index is 364. The van der Waals surface area contributed by atoms with Crippen LogP contribution < -0.4 is 4.74 Å². The summed E-state index contributed by atoms with van der Waals surface area (Å²) in [5.74, 6) is 0.433. The maximum atomic E-state index is 13.0. The van der Waals surface area contributed by atoms with Gasteiger partial charge in [0.05, 0.1) is 17.2 Å². The predicted molar refractivity (Wildman–Crippen MR) is 67.8 cm³/mol. The summed E-state index contributed by atoms with van der Waals surface area (Å²) in [5.41, 5.74) is 0. The number of hydrogen-bond donors (Lipinski definition) is 0. The molecule has 4 heteroatoms. The first kappa shape index (κ1) is 12.8. The van der Waals surface area contributed by atoms with Crippen molar-refractivity contribution < 1.29 is 13.9 Å². The fraction of sp³-hybridized carbons (Fsp3) is 0.538. The molecule has 1 aromatic carbocycles. The van der Waals surface area contributed by atoms with Gasteiger partial charge in [-0.3, -0.25) is 0 Å². The Morgan fingerprint density at radius 2 is 2.35 bits per heavy atom. The van der Waals surface area contributed by atoms with Crippen molar-refractivity contribution in [3.63, 3.8) is 0 Å². The van der Waals surface area contributed by atoms with Crippen LogP contribution in [-0.4, -0.2) is 19.3 Å². The molecule has 0 aliphatic carbocycles. The third-order valence-corrected chi connectivity index (χ3v) is 3.46. The van der Waals surface area contributed by atoms with Crippen molar-refractivity contribution in [1.29, 1.82) is 0 Å². The van der Waals surface area contributed by atoms with Crippen LogP contribution in [0.2, 0.25) is 0 Å². The second-order valence-electron chi connectivity index (χ2n) is 4.20. The predicted octanol–water partition coefficient (Wildman–Crippen LogP) is 3.93. The normalized spacial score (nSPS) is 19.5. The Kier molecular flexibility index (Phi) is 4.80. The molecule has 17 heavy (non-hydrogen) atoms. The summed E-state index contributed by atoms with van der Waals surface area (Å²) in [5, 5.41) is 0. The highest BCUT2D eigenvalue weighted by Gasteiger charge is 2.14. The van der Waals surface area contributed by atoms with E-state index in [4.69, 9.17) is 9.47 Å². The van der Waals surface area contributed by atoms with Gasteiger partial charge in [-0.25, -0.2) is 4.39 Å². The van der Waals surface area contributed by atoms with Crippen molar-refractivity contribution in [2.45, 2.75) is 31.8 Å². The summed E-state index contributed by atoms with van der Waals surface area (Å²) in [6.07, 6.45) is 4.78. The standard InChI is InChI=1S/C13H16BrFO2/c14-12-9-11(5-6-13(12)15)17-8-2-4-10-3-1-7-16-10/h5-6,9-10H,1-4,7-8H2. The zero-order chi connectivity index (χ0) is 12.1. The minimum absolute atomic E-state index is 0.267. The summed E-state index contributed by atoms with van der Waals surface area (Å²) < 4.78 is 24.5. The first-order chi connectivity index (χ1) is 8.25. The maximum absolute atomic E-state index is 13.0. The topological polar surface area (TPSA) is 18.5 Å². The summed E-state index contributed by atoms with van der Waals surface area (Å²) in [6, 6.07) is 4.70. The van der Waals surface area contributed by atoms with E-state index in [-0.39, 0.29) is 5.82 Å². The number of benzene rings is 1. The molecule has 0 bridgehead atoms. The summed E-state index contributed by atoms with van der Waals surface area (Å²) in [7, 11) is 0. The third kappa shape index (κ3) is 3.96. The van der Waals surface area contributed by atoms with Crippen molar-refractivity contribution in [2.24, 2.45) is 0 Å². The van der Waals surface area contributed by atoms with Gasteiger partial charge in [0.15, 0.2) is 0 Å². The maximum Gasteiger partial charge on any atom is 0.137 e. The van der Waals surface area contributed by atoms with Crippen LogP contribution in [0.15, 0.2) is 22.7 Å². The van der Waals surface area contributed by atoms with Crippen LogP contribution in [0.3, 0.4) is 0 Å². The van der Waals surface area contributed by atoms with Gasteiger partial charge in [-0.2, -0.15) is 0 Å². The zero-order valence-corrected chi connectivity index (χ0v) is 11.2. The van der Waals surface area contributed by atoms with Gasteiger partial charge in [-0.05, 0) is 59.8 Å². The van der Waals surface area contributed by atoms with E-state index in [1.54, 1.807) is 12.1 Å². The molecule has 2 rings (SSSR count). The minimum atomic E-state index is -0.267.